The maximum absolute atomic E-state index is 6.66. The molecule has 0 fully saturated rings. The molecule has 0 radical (unpaired) electrons. The molecule has 9 aromatic rings. The van der Waals surface area contributed by atoms with E-state index in [0.29, 0.717) is 34.9 Å². The molecule has 57 heavy (non-hydrogen) atoms. The second-order valence-corrected chi connectivity index (χ2v) is 13.9. The number of nitrogens with zero attached hydrogens (tertiary/aromatic N) is 6. The lowest BCUT2D eigenvalue weighted by atomic mass is 9.35. The molecule has 0 N–H and O–H groups in total. The zero-order valence-electron chi connectivity index (χ0n) is 30.3. The van der Waals surface area contributed by atoms with E-state index in [1.165, 1.54) is 0 Å². The third-order valence-electron chi connectivity index (χ3n) is 10.3. The van der Waals surface area contributed by atoms with Crippen molar-refractivity contribution in [2.75, 3.05) is 0 Å². The molecule has 0 aliphatic carbocycles. The van der Waals surface area contributed by atoms with Crippen LogP contribution in [0.25, 0.3) is 68.3 Å². The summed E-state index contributed by atoms with van der Waals surface area (Å²) in [5, 5.41) is 0. The third kappa shape index (κ3) is 5.89. The molecule has 0 saturated carbocycles. The lowest BCUT2D eigenvalue weighted by Crippen LogP contribution is -2.57. The van der Waals surface area contributed by atoms with Crippen LogP contribution in [0.5, 0.6) is 23.0 Å². The smallest absolute Gasteiger partial charge is 0.260 e. The van der Waals surface area contributed by atoms with Gasteiger partial charge in [-0.05, 0) is 35.2 Å². The van der Waals surface area contributed by atoms with Crippen LogP contribution in [0.4, 0.5) is 0 Å². The average Bonchev–Trinajstić information content (AvgIpc) is 3.29. The van der Waals surface area contributed by atoms with Crippen molar-refractivity contribution in [1.29, 1.82) is 0 Å². The topological polar surface area (TPSA) is 95.8 Å². The van der Waals surface area contributed by atoms with Gasteiger partial charge < -0.3 is 9.47 Å². The van der Waals surface area contributed by atoms with Crippen molar-refractivity contribution >= 4 is 23.1 Å². The van der Waals surface area contributed by atoms with Crippen molar-refractivity contribution < 1.29 is 9.47 Å². The van der Waals surface area contributed by atoms with Crippen molar-refractivity contribution in [2.24, 2.45) is 0 Å². The van der Waals surface area contributed by atoms with Crippen molar-refractivity contribution in [3.63, 3.8) is 0 Å². The van der Waals surface area contributed by atoms with Crippen LogP contribution < -0.4 is 25.9 Å². The molecule has 11 rings (SSSR count). The molecule has 2 aliphatic rings. The minimum Gasteiger partial charge on any atom is -0.458 e. The quantitative estimate of drug-likeness (QED) is 0.157. The van der Waals surface area contributed by atoms with Crippen LogP contribution >= 0.6 is 0 Å². The van der Waals surface area contributed by atoms with E-state index in [-0.39, 0.29) is 6.71 Å². The Hall–Kier alpha value is -7.78. The van der Waals surface area contributed by atoms with E-state index in [2.05, 4.69) is 24.3 Å². The van der Waals surface area contributed by atoms with Gasteiger partial charge in [-0.25, -0.2) is 29.9 Å². The zero-order chi connectivity index (χ0) is 37.7. The van der Waals surface area contributed by atoms with E-state index < -0.39 is 0 Å². The van der Waals surface area contributed by atoms with E-state index in [9.17, 15) is 0 Å². The van der Waals surface area contributed by atoms with E-state index in [0.717, 1.165) is 72.8 Å². The number of hydrogen-bond donors (Lipinski definition) is 0. The van der Waals surface area contributed by atoms with E-state index >= 15 is 0 Å². The first-order valence-corrected chi connectivity index (χ1v) is 18.7. The van der Waals surface area contributed by atoms with Gasteiger partial charge in [0.1, 0.15) is 23.0 Å². The summed E-state index contributed by atoms with van der Waals surface area (Å²) in [5.74, 6) is 6.51. The summed E-state index contributed by atoms with van der Waals surface area (Å²) in [6, 6.07) is 58.3. The Morgan fingerprint density at radius 2 is 0.596 bits per heavy atom. The SMILES string of the molecule is c1ccc(-c2nc(-c3ccccc3)nc(-c3ccc4c(c3)Oc3cccc5c3B4c3ccc(-c4nc(-c6ccccc6)nc(-c6ccccc6)n4)cc3O5)n2)cc1. The third-order valence-corrected chi connectivity index (χ3v) is 10.3. The lowest BCUT2D eigenvalue weighted by Gasteiger charge is -2.33. The van der Waals surface area contributed by atoms with Crippen molar-refractivity contribution in [3.05, 3.63) is 176 Å². The highest BCUT2D eigenvalue weighted by Gasteiger charge is 2.40. The highest BCUT2D eigenvalue weighted by atomic mass is 16.5. The maximum Gasteiger partial charge on any atom is 0.260 e. The van der Waals surface area contributed by atoms with Crippen LogP contribution in [0.3, 0.4) is 0 Å². The fourth-order valence-corrected chi connectivity index (χ4v) is 7.58. The Bertz CT molecular complexity index is 2660. The first-order chi connectivity index (χ1) is 28.2. The average molecular weight is 733 g/mol. The summed E-state index contributed by atoms with van der Waals surface area (Å²) >= 11 is 0. The predicted octanol–water partition coefficient (Wildman–Crippen LogP) is 8.79. The molecule has 266 valence electrons. The van der Waals surface area contributed by atoms with Crippen molar-refractivity contribution in [3.8, 4) is 91.3 Å². The molecular formula is C48H29BN6O2. The highest BCUT2D eigenvalue weighted by molar-refractivity contribution is 6.98. The first kappa shape index (κ1) is 32.6. The van der Waals surface area contributed by atoms with Gasteiger partial charge in [0.15, 0.2) is 34.9 Å². The highest BCUT2D eigenvalue weighted by Crippen LogP contribution is 2.37. The zero-order valence-corrected chi connectivity index (χ0v) is 30.3. The Kier molecular flexibility index (Phi) is 7.74. The molecule has 0 amide bonds. The number of fused-ring (bicyclic) bond motifs is 4. The second-order valence-electron chi connectivity index (χ2n) is 13.9. The Labute approximate surface area is 328 Å². The molecule has 7 aromatic carbocycles. The summed E-state index contributed by atoms with van der Waals surface area (Å²) in [5.41, 5.74) is 8.34. The lowest BCUT2D eigenvalue weighted by molar-refractivity contribution is 0.464. The van der Waals surface area contributed by atoms with E-state index in [4.69, 9.17) is 39.4 Å². The molecule has 4 heterocycles. The van der Waals surface area contributed by atoms with E-state index in [1.54, 1.807) is 0 Å². The summed E-state index contributed by atoms with van der Waals surface area (Å²) in [7, 11) is 0. The number of ether oxygens (including phenoxy) is 2. The molecule has 2 aromatic heterocycles. The van der Waals surface area contributed by atoms with Gasteiger partial charge in [0.25, 0.3) is 6.71 Å². The van der Waals surface area contributed by atoms with Crippen LogP contribution in [0, 0.1) is 0 Å². The molecule has 0 spiro atoms. The molecule has 0 atom stereocenters. The molecule has 0 saturated heterocycles. The fourth-order valence-electron chi connectivity index (χ4n) is 7.58. The van der Waals surface area contributed by atoms with E-state index in [1.807, 2.05) is 152 Å². The van der Waals surface area contributed by atoms with Gasteiger partial charge in [-0.2, -0.15) is 0 Å². The molecule has 0 bridgehead atoms. The largest absolute Gasteiger partial charge is 0.458 e. The van der Waals surface area contributed by atoms with Crippen LogP contribution in [0.15, 0.2) is 176 Å². The number of hydrogen-bond acceptors (Lipinski definition) is 8. The maximum atomic E-state index is 6.66. The standard InChI is InChI=1S/C48H29BN6O2/c1-5-14-30(15-6-1)43-50-44(31-16-7-2-8-17-31)53-47(52-43)34-24-26-36-40(28-34)56-38-22-13-23-39-42(38)49(36)37-27-25-35(29-41(37)57-39)48-54-45(32-18-9-3-10-19-32)51-46(55-48)33-20-11-4-12-21-33/h1-29H. The van der Waals surface area contributed by atoms with Crippen LogP contribution in [0.1, 0.15) is 0 Å². The van der Waals surface area contributed by atoms with Crippen LogP contribution in [-0.2, 0) is 0 Å². The normalized spacial score (nSPS) is 12.1. The number of aromatic nitrogens is 6. The van der Waals surface area contributed by atoms with Crippen LogP contribution in [0.2, 0.25) is 0 Å². The monoisotopic (exact) mass is 732 g/mol. The van der Waals surface area contributed by atoms with Gasteiger partial charge in [-0.15, -0.1) is 0 Å². The van der Waals surface area contributed by atoms with Crippen molar-refractivity contribution in [2.45, 2.75) is 0 Å². The minimum atomic E-state index is -0.136. The summed E-state index contributed by atoms with van der Waals surface area (Å²) < 4.78 is 13.3. The van der Waals surface area contributed by atoms with Gasteiger partial charge in [-0.3, -0.25) is 0 Å². The fraction of sp³-hybridized carbons (Fsp3) is 0. The molecular weight excluding hydrogens is 703 g/mol. The van der Waals surface area contributed by atoms with Gasteiger partial charge in [0, 0.05) is 38.8 Å². The van der Waals surface area contributed by atoms with Gasteiger partial charge in [-0.1, -0.05) is 152 Å². The molecule has 0 unspecified atom stereocenters. The van der Waals surface area contributed by atoms with Gasteiger partial charge >= 0.3 is 0 Å². The first-order valence-electron chi connectivity index (χ1n) is 18.7. The van der Waals surface area contributed by atoms with Gasteiger partial charge in [0.05, 0.1) is 0 Å². The number of benzene rings is 7. The summed E-state index contributed by atoms with van der Waals surface area (Å²) in [6.07, 6.45) is 0. The Balaban J connectivity index is 1.02. The van der Waals surface area contributed by atoms with Gasteiger partial charge in [0.2, 0.25) is 0 Å². The minimum absolute atomic E-state index is 0.136. The predicted molar refractivity (Wildman–Crippen MR) is 224 cm³/mol. The number of rotatable bonds is 6. The molecule has 8 nitrogen and oxygen atoms in total. The van der Waals surface area contributed by atoms with Crippen molar-refractivity contribution in [1.82, 2.24) is 29.9 Å². The summed E-state index contributed by atoms with van der Waals surface area (Å²) in [6.45, 7) is -0.136. The Morgan fingerprint density at radius 3 is 0.930 bits per heavy atom. The molecule has 2 aliphatic heterocycles. The Morgan fingerprint density at radius 1 is 0.281 bits per heavy atom. The summed E-state index contributed by atoms with van der Waals surface area (Å²) in [4.78, 5) is 29.6. The second kappa shape index (κ2) is 13.5. The van der Waals surface area contributed by atoms with Crippen LogP contribution in [-0.4, -0.2) is 36.6 Å². The molecule has 9 heteroatoms.